The summed E-state index contributed by atoms with van der Waals surface area (Å²) in [6.45, 7) is 3.43. The molecular formula is C10H11ClFN. The molecule has 1 nitrogen and oxygen atoms in total. The lowest BCUT2D eigenvalue weighted by molar-refractivity contribution is 0.430. The SMILES string of the molecule is Cc1ccc(Cl)c(C2CNC2)c1F. The van der Waals surface area contributed by atoms with Crippen molar-refractivity contribution in [3.8, 4) is 0 Å². The smallest absolute Gasteiger partial charge is 0.131 e. The zero-order chi connectivity index (χ0) is 9.42. The number of halogens is 2. The molecule has 0 radical (unpaired) electrons. The molecule has 1 aliphatic rings. The van der Waals surface area contributed by atoms with E-state index in [9.17, 15) is 4.39 Å². The molecule has 0 saturated carbocycles. The van der Waals surface area contributed by atoms with Crippen LogP contribution in [0.2, 0.25) is 5.02 Å². The zero-order valence-electron chi connectivity index (χ0n) is 7.40. The van der Waals surface area contributed by atoms with Gasteiger partial charge in [0, 0.05) is 29.6 Å². The van der Waals surface area contributed by atoms with E-state index in [2.05, 4.69) is 5.32 Å². The second-order valence-corrected chi connectivity index (χ2v) is 3.85. The summed E-state index contributed by atoms with van der Waals surface area (Å²) < 4.78 is 13.6. The van der Waals surface area contributed by atoms with Crippen LogP contribution < -0.4 is 5.32 Å². The third kappa shape index (κ3) is 1.45. The highest BCUT2D eigenvalue weighted by Gasteiger charge is 2.25. The van der Waals surface area contributed by atoms with Crippen molar-refractivity contribution < 1.29 is 4.39 Å². The van der Waals surface area contributed by atoms with Gasteiger partial charge < -0.3 is 5.32 Å². The Labute approximate surface area is 81.9 Å². The van der Waals surface area contributed by atoms with Crippen LogP contribution in [-0.4, -0.2) is 13.1 Å². The van der Waals surface area contributed by atoms with Crippen LogP contribution in [0.3, 0.4) is 0 Å². The van der Waals surface area contributed by atoms with Gasteiger partial charge in [0.05, 0.1) is 0 Å². The number of hydrogen-bond acceptors (Lipinski definition) is 1. The summed E-state index contributed by atoms with van der Waals surface area (Å²) in [6, 6.07) is 3.49. The van der Waals surface area contributed by atoms with Gasteiger partial charge in [0.2, 0.25) is 0 Å². The first kappa shape index (κ1) is 8.97. The number of aryl methyl sites for hydroxylation is 1. The monoisotopic (exact) mass is 199 g/mol. The van der Waals surface area contributed by atoms with E-state index >= 15 is 0 Å². The average molecular weight is 200 g/mol. The van der Waals surface area contributed by atoms with E-state index in [4.69, 9.17) is 11.6 Å². The fourth-order valence-corrected chi connectivity index (χ4v) is 1.85. The quantitative estimate of drug-likeness (QED) is 0.733. The van der Waals surface area contributed by atoms with Gasteiger partial charge >= 0.3 is 0 Å². The molecule has 13 heavy (non-hydrogen) atoms. The minimum atomic E-state index is -0.140. The molecule has 70 valence electrons. The highest BCUT2D eigenvalue weighted by molar-refractivity contribution is 6.31. The Bertz CT molecular complexity index is 334. The lowest BCUT2D eigenvalue weighted by Crippen LogP contribution is -2.40. The molecule has 1 aromatic rings. The molecule has 1 aromatic carbocycles. The van der Waals surface area contributed by atoms with E-state index in [1.807, 2.05) is 0 Å². The first-order chi connectivity index (χ1) is 6.20. The van der Waals surface area contributed by atoms with Gasteiger partial charge in [-0.05, 0) is 18.6 Å². The van der Waals surface area contributed by atoms with Crippen molar-refractivity contribution in [2.24, 2.45) is 0 Å². The normalized spacial score (nSPS) is 17.2. The Hall–Kier alpha value is -0.600. The molecule has 0 bridgehead atoms. The zero-order valence-corrected chi connectivity index (χ0v) is 8.16. The minimum Gasteiger partial charge on any atom is -0.315 e. The molecule has 0 aliphatic carbocycles. The predicted octanol–water partition coefficient (Wildman–Crippen LogP) is 2.47. The Kier molecular flexibility index (Phi) is 2.26. The number of benzene rings is 1. The standard InChI is InChI=1S/C10H11ClFN/c1-6-2-3-8(11)9(10(6)12)7-4-13-5-7/h2-3,7,13H,4-5H2,1H3. The molecule has 2 rings (SSSR count). The summed E-state index contributed by atoms with van der Waals surface area (Å²) in [5.41, 5.74) is 1.35. The van der Waals surface area contributed by atoms with Gasteiger partial charge in [-0.3, -0.25) is 0 Å². The van der Waals surface area contributed by atoms with Gasteiger partial charge in [-0.2, -0.15) is 0 Å². The topological polar surface area (TPSA) is 12.0 Å². The van der Waals surface area contributed by atoms with Gasteiger partial charge in [0.1, 0.15) is 5.82 Å². The molecule has 1 fully saturated rings. The third-order valence-electron chi connectivity index (χ3n) is 2.51. The lowest BCUT2D eigenvalue weighted by atomic mass is 9.92. The molecule has 0 atom stereocenters. The average Bonchev–Trinajstić information content (AvgIpc) is 2.02. The molecule has 3 heteroatoms. The Morgan fingerprint density at radius 2 is 2.15 bits per heavy atom. The van der Waals surface area contributed by atoms with Gasteiger partial charge in [0.15, 0.2) is 0 Å². The summed E-state index contributed by atoms with van der Waals surface area (Å²) >= 11 is 5.94. The van der Waals surface area contributed by atoms with Crippen LogP contribution in [0.15, 0.2) is 12.1 Å². The molecule has 1 heterocycles. The highest BCUT2D eigenvalue weighted by atomic mass is 35.5. The number of hydrogen-bond donors (Lipinski definition) is 1. The van der Waals surface area contributed by atoms with Crippen LogP contribution in [-0.2, 0) is 0 Å². The summed E-state index contributed by atoms with van der Waals surface area (Å²) in [5, 5.41) is 3.66. The Morgan fingerprint density at radius 3 is 2.69 bits per heavy atom. The molecule has 1 saturated heterocycles. The molecular weight excluding hydrogens is 189 g/mol. The van der Waals surface area contributed by atoms with Crippen molar-refractivity contribution >= 4 is 11.6 Å². The van der Waals surface area contributed by atoms with Crippen molar-refractivity contribution in [3.63, 3.8) is 0 Å². The third-order valence-corrected chi connectivity index (χ3v) is 2.84. The molecule has 1 N–H and O–H groups in total. The van der Waals surface area contributed by atoms with Crippen LogP contribution >= 0.6 is 11.6 Å². The van der Waals surface area contributed by atoms with Crippen LogP contribution in [0.5, 0.6) is 0 Å². The van der Waals surface area contributed by atoms with E-state index in [0.29, 0.717) is 16.1 Å². The van der Waals surface area contributed by atoms with Gasteiger partial charge in [-0.15, -0.1) is 0 Å². The van der Waals surface area contributed by atoms with Crippen LogP contribution in [0.4, 0.5) is 4.39 Å². The second kappa shape index (κ2) is 3.28. The van der Waals surface area contributed by atoms with E-state index < -0.39 is 0 Å². The van der Waals surface area contributed by atoms with Crippen LogP contribution in [0.25, 0.3) is 0 Å². The largest absolute Gasteiger partial charge is 0.315 e. The van der Waals surface area contributed by atoms with Crippen LogP contribution in [0.1, 0.15) is 17.0 Å². The van der Waals surface area contributed by atoms with Crippen molar-refractivity contribution in [2.75, 3.05) is 13.1 Å². The van der Waals surface area contributed by atoms with E-state index in [1.54, 1.807) is 19.1 Å². The Balaban J connectivity index is 2.46. The fourth-order valence-electron chi connectivity index (χ4n) is 1.55. The summed E-state index contributed by atoms with van der Waals surface area (Å²) in [7, 11) is 0. The Morgan fingerprint density at radius 1 is 1.46 bits per heavy atom. The maximum absolute atomic E-state index is 13.6. The molecule has 1 aliphatic heterocycles. The van der Waals surface area contributed by atoms with E-state index in [0.717, 1.165) is 13.1 Å². The first-order valence-electron chi connectivity index (χ1n) is 4.35. The summed E-state index contributed by atoms with van der Waals surface area (Å²) in [4.78, 5) is 0. The van der Waals surface area contributed by atoms with Crippen LogP contribution in [0, 0.1) is 12.7 Å². The minimum absolute atomic E-state index is 0.140. The van der Waals surface area contributed by atoms with E-state index in [1.165, 1.54) is 0 Å². The number of rotatable bonds is 1. The molecule has 0 unspecified atom stereocenters. The number of nitrogens with one attached hydrogen (secondary N) is 1. The fraction of sp³-hybridized carbons (Fsp3) is 0.400. The van der Waals surface area contributed by atoms with Gasteiger partial charge in [-0.25, -0.2) is 4.39 Å². The second-order valence-electron chi connectivity index (χ2n) is 3.45. The lowest BCUT2D eigenvalue weighted by Gasteiger charge is -2.28. The maximum Gasteiger partial charge on any atom is 0.131 e. The molecule has 0 aromatic heterocycles. The van der Waals surface area contributed by atoms with Crippen molar-refractivity contribution in [1.29, 1.82) is 0 Å². The van der Waals surface area contributed by atoms with Gasteiger partial charge in [-0.1, -0.05) is 17.7 Å². The highest BCUT2D eigenvalue weighted by Crippen LogP contribution is 2.31. The molecule has 0 amide bonds. The van der Waals surface area contributed by atoms with Gasteiger partial charge in [0.25, 0.3) is 0 Å². The van der Waals surface area contributed by atoms with Crippen molar-refractivity contribution in [2.45, 2.75) is 12.8 Å². The maximum atomic E-state index is 13.6. The summed E-state index contributed by atoms with van der Waals surface area (Å²) in [5.74, 6) is 0.117. The first-order valence-corrected chi connectivity index (χ1v) is 4.73. The van der Waals surface area contributed by atoms with E-state index in [-0.39, 0.29) is 11.7 Å². The summed E-state index contributed by atoms with van der Waals surface area (Å²) in [6.07, 6.45) is 0. The van der Waals surface area contributed by atoms with Crippen molar-refractivity contribution in [1.82, 2.24) is 5.32 Å². The molecule has 0 spiro atoms. The predicted molar refractivity (Wildman–Crippen MR) is 51.8 cm³/mol. The van der Waals surface area contributed by atoms with Crippen molar-refractivity contribution in [3.05, 3.63) is 34.1 Å².